The minimum absolute atomic E-state index is 0.168. The molecule has 0 saturated carbocycles. The molecule has 3 aliphatic rings. The third kappa shape index (κ3) is 19.9. The molecule has 0 radical (unpaired) electrons. The molecule has 1 amide bonds. The fourth-order valence-electron chi connectivity index (χ4n) is 10.6. The van der Waals surface area contributed by atoms with Crippen LogP contribution in [0.25, 0.3) is 11.3 Å². The monoisotopic (exact) mass is 1130 g/mol. The summed E-state index contributed by atoms with van der Waals surface area (Å²) < 4.78 is 50.8. The number of unbranched alkanes of at least 4 members (excludes halogenated alkanes) is 2. The number of carbonyl (C=O) groups excluding carboxylic acids is 1. The lowest BCUT2D eigenvalue weighted by molar-refractivity contribution is -0.393. The molecule has 446 valence electrons. The Morgan fingerprint density at radius 2 is 1.38 bits per heavy atom. The van der Waals surface area contributed by atoms with Gasteiger partial charge in [-0.1, -0.05) is 31.2 Å². The van der Waals surface area contributed by atoms with Crippen molar-refractivity contribution < 1.29 is 62.1 Å². The Balaban J connectivity index is 0.603. The van der Waals surface area contributed by atoms with Crippen molar-refractivity contribution in [3.63, 3.8) is 0 Å². The van der Waals surface area contributed by atoms with Crippen molar-refractivity contribution in [3.05, 3.63) is 104 Å². The predicted octanol–water partition coefficient (Wildman–Crippen LogP) is 6.89. The number of benzene rings is 3. The number of hydrogen-bond donors (Lipinski definition) is 4. The van der Waals surface area contributed by atoms with Gasteiger partial charge in [0.05, 0.1) is 121 Å². The molecule has 4 N–H and O–H groups in total. The van der Waals surface area contributed by atoms with Gasteiger partial charge in [-0.15, -0.1) is 0 Å². The van der Waals surface area contributed by atoms with Crippen molar-refractivity contribution in [2.45, 2.75) is 63.9 Å². The highest BCUT2D eigenvalue weighted by atomic mass is 16.6. The van der Waals surface area contributed by atoms with E-state index in [0.717, 1.165) is 82.9 Å². The van der Waals surface area contributed by atoms with Gasteiger partial charge in [-0.25, -0.2) is 4.98 Å². The summed E-state index contributed by atoms with van der Waals surface area (Å²) in [6, 6.07) is 18.2. The summed E-state index contributed by atoms with van der Waals surface area (Å²) in [6.07, 6.45) is 7.06. The highest BCUT2D eigenvalue weighted by Crippen LogP contribution is 2.47. The molecule has 0 unspecified atom stereocenters. The lowest BCUT2D eigenvalue weighted by Gasteiger charge is -2.46. The number of likely N-dealkylation sites (tertiary alicyclic amines) is 1. The fraction of sp³-hybridized carbons (Fsp3) is 0.621. The smallest absolute Gasteiger partial charge is 0.299 e. The zero-order chi connectivity index (χ0) is 57.1. The van der Waals surface area contributed by atoms with Gasteiger partial charge in [0, 0.05) is 87.3 Å². The Morgan fingerprint density at radius 1 is 0.765 bits per heavy atom. The Bertz CT molecular complexity index is 2530. The van der Waals surface area contributed by atoms with Gasteiger partial charge in [-0.05, 0) is 99.2 Å². The Labute approximate surface area is 474 Å². The van der Waals surface area contributed by atoms with E-state index in [4.69, 9.17) is 42.3 Å². The number of nitro groups is 2. The summed E-state index contributed by atoms with van der Waals surface area (Å²) in [7, 11) is 0. The standard InChI is InChI=1S/C58H84N8O15/c1-44-9-11-50-52(37-44)62-43-58(50)15-20-63(41-45(58)2)42-54(67)46-13-18-64(19-14-46)57-61-40-55(81-57)47-7-6-8-48(38-47)56(68)60-17-24-76-28-32-77-29-25-73-21-4-3-5-22-74-26-30-78-33-35-80-36-34-79-31-27-75-23-16-59-51-12-10-49(65(69)70)39-53(51)66(71)72/h6-12,37-40,45-46,54,59,62,67H,3-5,13-36,41-43H2,1-2H3,(H,60,68)/t45-,54-,58+/m1/s1. The van der Waals surface area contributed by atoms with Crippen molar-refractivity contribution in [2.75, 3.05) is 174 Å². The van der Waals surface area contributed by atoms with Crippen LogP contribution in [0.15, 0.2) is 71.3 Å². The number of β-amino-alcohol motifs (C(OH)–C–C–N with tert-alkyl or cyclic N) is 1. The topological polar surface area (TPSA) is 266 Å². The number of aliphatic hydroxyl groups is 1. The quantitative estimate of drug-likeness (QED) is 0.0201. The summed E-state index contributed by atoms with van der Waals surface area (Å²) in [5.74, 6) is 1.13. The zero-order valence-corrected chi connectivity index (χ0v) is 47.2. The number of non-ortho nitro benzene ring substituents is 1. The lowest BCUT2D eigenvalue weighted by atomic mass is 9.67. The Hall–Kier alpha value is -5.86. The third-order valence-electron chi connectivity index (χ3n) is 15.1. The first-order valence-corrected chi connectivity index (χ1v) is 28.6. The number of fused-ring (bicyclic) bond motifs is 2. The van der Waals surface area contributed by atoms with Gasteiger partial charge in [0.1, 0.15) is 5.69 Å². The Morgan fingerprint density at radius 3 is 2.00 bits per heavy atom. The largest absolute Gasteiger partial charge is 0.423 e. The van der Waals surface area contributed by atoms with E-state index < -0.39 is 9.85 Å². The maximum Gasteiger partial charge on any atom is 0.299 e. The number of carbonyl (C=O) groups is 1. The normalized spacial score (nSPS) is 17.8. The number of rotatable bonds is 39. The van der Waals surface area contributed by atoms with Crippen LogP contribution in [0, 0.1) is 39.0 Å². The number of aromatic nitrogens is 1. The molecule has 0 aliphatic carbocycles. The molecule has 2 fully saturated rings. The molecule has 3 aliphatic heterocycles. The number of amides is 1. The molecule has 3 atom stereocenters. The second-order valence-corrected chi connectivity index (χ2v) is 20.8. The number of anilines is 3. The summed E-state index contributed by atoms with van der Waals surface area (Å²) in [5.41, 5.74) is 4.97. The van der Waals surface area contributed by atoms with Crippen molar-refractivity contribution >= 4 is 34.7 Å². The van der Waals surface area contributed by atoms with Crippen molar-refractivity contribution in [1.29, 1.82) is 0 Å². The number of piperidine rings is 2. The minimum Gasteiger partial charge on any atom is -0.423 e. The molecule has 1 aromatic heterocycles. The number of oxazole rings is 1. The summed E-state index contributed by atoms with van der Waals surface area (Å²) in [6.45, 7) is 17.6. The molecule has 23 nitrogen and oxygen atoms in total. The second kappa shape index (κ2) is 33.9. The van der Waals surface area contributed by atoms with Gasteiger partial charge >= 0.3 is 0 Å². The molecule has 7 rings (SSSR count). The van der Waals surface area contributed by atoms with Crippen LogP contribution >= 0.6 is 0 Å². The lowest BCUT2D eigenvalue weighted by Crippen LogP contribution is -2.52. The highest BCUT2D eigenvalue weighted by Gasteiger charge is 2.46. The molecule has 23 heteroatoms. The van der Waals surface area contributed by atoms with Crippen LogP contribution in [-0.2, 0) is 43.3 Å². The van der Waals surface area contributed by atoms with Crippen molar-refractivity contribution in [2.24, 2.45) is 11.8 Å². The van der Waals surface area contributed by atoms with E-state index in [0.29, 0.717) is 135 Å². The number of nitrogens with one attached hydrogen (secondary N) is 3. The fourth-order valence-corrected chi connectivity index (χ4v) is 10.6. The Kier molecular flexibility index (Phi) is 26.3. The average Bonchev–Trinajstić information content (AvgIpc) is 4.29. The summed E-state index contributed by atoms with van der Waals surface area (Å²) >= 11 is 0. The van der Waals surface area contributed by atoms with Gasteiger partial charge in [-0.2, -0.15) is 0 Å². The van der Waals surface area contributed by atoms with E-state index in [9.17, 15) is 30.1 Å². The van der Waals surface area contributed by atoms with Gasteiger partial charge in [-0.3, -0.25) is 25.0 Å². The summed E-state index contributed by atoms with van der Waals surface area (Å²) in [4.78, 5) is 43.0. The van der Waals surface area contributed by atoms with Crippen LogP contribution in [0.3, 0.4) is 0 Å². The molecule has 1 spiro atoms. The number of hydrogen-bond acceptors (Lipinski definition) is 20. The third-order valence-corrected chi connectivity index (χ3v) is 15.1. The van der Waals surface area contributed by atoms with E-state index in [1.165, 1.54) is 28.9 Å². The highest BCUT2D eigenvalue weighted by molar-refractivity contribution is 5.95. The number of aliphatic hydroxyl groups excluding tert-OH is 1. The van der Waals surface area contributed by atoms with Crippen LogP contribution in [0.5, 0.6) is 0 Å². The average molecular weight is 1130 g/mol. The molecule has 4 aromatic rings. The first-order chi connectivity index (χ1) is 39.5. The first kappa shape index (κ1) is 62.7. The van der Waals surface area contributed by atoms with E-state index in [1.54, 1.807) is 12.3 Å². The first-order valence-electron chi connectivity index (χ1n) is 28.6. The van der Waals surface area contributed by atoms with Crippen molar-refractivity contribution in [1.82, 2.24) is 15.2 Å². The van der Waals surface area contributed by atoms with Gasteiger partial charge in [0.25, 0.3) is 23.3 Å². The molecule has 4 heterocycles. The summed E-state index contributed by atoms with van der Waals surface area (Å²) in [5, 5.41) is 42.9. The van der Waals surface area contributed by atoms with Gasteiger partial charge in [0.2, 0.25) is 0 Å². The molecular formula is C58H84N8O15. The van der Waals surface area contributed by atoms with Crippen LogP contribution in [0.1, 0.15) is 66.9 Å². The second-order valence-electron chi connectivity index (χ2n) is 20.8. The molecule has 0 bridgehead atoms. The molecular weight excluding hydrogens is 1050 g/mol. The van der Waals surface area contributed by atoms with Crippen LogP contribution in [0.2, 0.25) is 0 Å². The maximum absolute atomic E-state index is 13.0. The van der Waals surface area contributed by atoms with E-state index in [2.05, 4.69) is 62.8 Å². The number of ether oxygens (including phenoxy) is 8. The number of nitrogens with zero attached hydrogens (tertiary/aromatic N) is 5. The van der Waals surface area contributed by atoms with Crippen LogP contribution < -0.4 is 20.9 Å². The van der Waals surface area contributed by atoms with Gasteiger partial charge in [0.15, 0.2) is 5.76 Å². The van der Waals surface area contributed by atoms with E-state index in [1.807, 2.05) is 18.2 Å². The SMILES string of the molecule is Cc1ccc2c(c1)NC[C@]21CCN(C[C@@H](O)C2CCN(c3ncc(-c4cccc(C(=O)NCCOCCOCCOCCCCCOCCOCCOCCOCCOCCNc5ccc([N+](=O)[O-])cc5[N+](=O)[O-])c4)o3)CC2)C[C@H]1C. The van der Waals surface area contributed by atoms with Gasteiger partial charge < -0.3 is 73.2 Å². The van der Waals surface area contributed by atoms with Crippen LogP contribution in [0.4, 0.5) is 28.8 Å². The van der Waals surface area contributed by atoms with E-state index >= 15 is 0 Å². The number of aryl methyl sites for hydroxylation is 1. The zero-order valence-electron chi connectivity index (χ0n) is 47.2. The van der Waals surface area contributed by atoms with E-state index in [-0.39, 0.29) is 53.6 Å². The van der Waals surface area contributed by atoms with Crippen molar-refractivity contribution in [3.8, 4) is 11.3 Å². The minimum atomic E-state index is -0.679. The maximum atomic E-state index is 13.0. The molecule has 3 aromatic carbocycles. The number of nitro benzene ring substituents is 2. The molecule has 81 heavy (non-hydrogen) atoms. The molecule has 2 saturated heterocycles. The van der Waals surface area contributed by atoms with Crippen LogP contribution in [-0.4, -0.2) is 195 Å². The predicted molar refractivity (Wildman–Crippen MR) is 305 cm³/mol.